The number of H-pyrrole nitrogens is 2. The number of carbonyl (C=O) groups is 3. The van der Waals surface area contributed by atoms with E-state index >= 15 is 0 Å². The van der Waals surface area contributed by atoms with Crippen LogP contribution in [0.15, 0.2) is 116 Å². The predicted octanol–water partition coefficient (Wildman–Crippen LogP) is 6.18. The third-order valence-corrected chi connectivity index (χ3v) is 10.1. The highest BCUT2D eigenvalue weighted by atomic mass is 16.2. The maximum atomic E-state index is 13.9. The van der Waals surface area contributed by atoms with Crippen LogP contribution in [0, 0.1) is 0 Å². The second-order valence-corrected chi connectivity index (χ2v) is 13.3. The number of nitrogens with zero attached hydrogens (tertiary/aromatic N) is 4. The van der Waals surface area contributed by atoms with Crippen molar-refractivity contribution in [3.63, 3.8) is 0 Å². The number of anilines is 1. The van der Waals surface area contributed by atoms with Crippen LogP contribution in [0.4, 0.5) is 10.5 Å². The molecule has 0 radical (unpaired) electrons. The summed E-state index contributed by atoms with van der Waals surface area (Å²) in [4.78, 5) is 55.1. The molecular formula is C42H45N7O3. The Bertz CT molecular complexity index is 2150. The Kier molecular flexibility index (Phi) is 10.6. The van der Waals surface area contributed by atoms with Crippen molar-refractivity contribution < 1.29 is 14.4 Å². The monoisotopic (exact) mass is 695 g/mol. The molecule has 10 heteroatoms. The molecule has 4 aromatic carbocycles. The van der Waals surface area contributed by atoms with E-state index in [-0.39, 0.29) is 17.8 Å². The van der Waals surface area contributed by atoms with E-state index in [2.05, 4.69) is 38.4 Å². The summed E-state index contributed by atoms with van der Waals surface area (Å²) in [6.45, 7) is 4.81. The zero-order valence-corrected chi connectivity index (χ0v) is 29.6. The molecule has 0 bridgehead atoms. The number of hydrogen-bond acceptors (Lipinski definition) is 4. The number of carbonyl (C=O) groups excluding carboxylic acids is 3. The SMILES string of the molecule is CN(CCc1c[nH]c2ccccc12)C(=O)c1ccccc1C(=O)NCCN1CCN(C(=O)N(CCc2c[nH]c3ccccc23)c2ccccc2)CC1. The molecule has 6 aromatic rings. The lowest BCUT2D eigenvalue weighted by Crippen LogP contribution is -2.54. The third-order valence-electron chi connectivity index (χ3n) is 10.1. The van der Waals surface area contributed by atoms with Crippen molar-refractivity contribution in [3.8, 4) is 0 Å². The van der Waals surface area contributed by atoms with Gasteiger partial charge in [-0.3, -0.25) is 19.4 Å². The van der Waals surface area contributed by atoms with Gasteiger partial charge in [-0.25, -0.2) is 4.79 Å². The molecule has 0 saturated carbocycles. The molecule has 1 fully saturated rings. The smallest absolute Gasteiger partial charge is 0.324 e. The Hall–Kier alpha value is -5.87. The Labute approximate surface area is 304 Å². The summed E-state index contributed by atoms with van der Waals surface area (Å²) in [6, 6.07) is 33.2. The van der Waals surface area contributed by atoms with Gasteiger partial charge in [0.1, 0.15) is 0 Å². The van der Waals surface area contributed by atoms with Crippen LogP contribution in [0.1, 0.15) is 31.8 Å². The van der Waals surface area contributed by atoms with Gasteiger partial charge in [0, 0.05) is 99.3 Å². The number of para-hydroxylation sites is 3. The Morgan fingerprint density at radius 2 is 1.23 bits per heavy atom. The van der Waals surface area contributed by atoms with Crippen molar-refractivity contribution in [1.82, 2.24) is 30.0 Å². The summed E-state index contributed by atoms with van der Waals surface area (Å²) in [5.41, 5.74) is 6.17. The van der Waals surface area contributed by atoms with Gasteiger partial charge in [0.15, 0.2) is 0 Å². The van der Waals surface area contributed by atoms with Crippen molar-refractivity contribution in [3.05, 3.63) is 138 Å². The highest BCUT2D eigenvalue weighted by Gasteiger charge is 2.27. The van der Waals surface area contributed by atoms with Gasteiger partial charge in [0.05, 0.1) is 11.1 Å². The standard InChI is InChI=1S/C42H45N7O3/c1-46(22-19-31-29-44-38-17-9-7-13-34(31)38)41(51)37-16-6-5-15-36(37)40(50)43-21-24-47-25-27-48(28-26-47)42(52)49(33-11-3-2-4-12-33)23-20-32-30-45-39-18-10-8-14-35(32)39/h2-18,29-30,44-45H,19-28H2,1H3,(H,43,50). The summed E-state index contributed by atoms with van der Waals surface area (Å²) in [6.07, 6.45) is 5.47. The molecule has 0 unspecified atom stereocenters. The molecule has 3 N–H and O–H groups in total. The normalized spacial score (nSPS) is 13.4. The number of piperazine rings is 1. The fraction of sp³-hybridized carbons (Fsp3) is 0.262. The maximum absolute atomic E-state index is 13.9. The van der Waals surface area contributed by atoms with E-state index in [9.17, 15) is 14.4 Å². The highest BCUT2D eigenvalue weighted by molar-refractivity contribution is 6.07. The van der Waals surface area contributed by atoms with Crippen molar-refractivity contribution in [2.24, 2.45) is 0 Å². The lowest BCUT2D eigenvalue weighted by Gasteiger charge is -2.37. The van der Waals surface area contributed by atoms with Crippen LogP contribution in [0.25, 0.3) is 21.8 Å². The molecule has 1 aliphatic heterocycles. The van der Waals surface area contributed by atoms with Crippen LogP contribution >= 0.6 is 0 Å². The molecule has 2 aromatic heterocycles. The summed E-state index contributed by atoms with van der Waals surface area (Å²) < 4.78 is 0. The van der Waals surface area contributed by atoms with Crippen molar-refractivity contribution in [2.45, 2.75) is 12.8 Å². The van der Waals surface area contributed by atoms with E-state index in [4.69, 9.17) is 0 Å². The number of nitrogens with one attached hydrogen (secondary N) is 3. The van der Waals surface area contributed by atoms with Gasteiger partial charge in [-0.1, -0.05) is 66.7 Å². The summed E-state index contributed by atoms with van der Waals surface area (Å²) in [7, 11) is 1.78. The summed E-state index contributed by atoms with van der Waals surface area (Å²) >= 11 is 0. The van der Waals surface area contributed by atoms with E-state index in [1.54, 1.807) is 36.2 Å². The van der Waals surface area contributed by atoms with E-state index in [0.29, 0.717) is 69.9 Å². The topological polar surface area (TPSA) is 108 Å². The molecule has 4 amide bonds. The van der Waals surface area contributed by atoms with E-state index in [0.717, 1.165) is 34.1 Å². The first-order valence-electron chi connectivity index (χ1n) is 18.0. The molecule has 7 rings (SSSR count). The number of aromatic amines is 2. The minimum absolute atomic E-state index is 0.00619. The van der Waals surface area contributed by atoms with Gasteiger partial charge in [0.2, 0.25) is 0 Å². The molecule has 10 nitrogen and oxygen atoms in total. The van der Waals surface area contributed by atoms with Crippen LogP contribution < -0.4 is 10.2 Å². The molecule has 0 spiro atoms. The lowest BCUT2D eigenvalue weighted by molar-refractivity contribution is 0.0788. The number of aromatic nitrogens is 2. The zero-order valence-electron chi connectivity index (χ0n) is 29.6. The number of rotatable bonds is 12. The third kappa shape index (κ3) is 7.72. The van der Waals surface area contributed by atoms with Crippen LogP contribution in [0.2, 0.25) is 0 Å². The maximum Gasteiger partial charge on any atom is 0.324 e. The van der Waals surface area contributed by atoms with E-state index < -0.39 is 0 Å². The van der Waals surface area contributed by atoms with Crippen molar-refractivity contribution in [1.29, 1.82) is 0 Å². The van der Waals surface area contributed by atoms with Crippen LogP contribution in [0.5, 0.6) is 0 Å². The van der Waals surface area contributed by atoms with E-state index in [1.165, 1.54) is 10.9 Å². The van der Waals surface area contributed by atoms with Crippen LogP contribution in [-0.4, -0.2) is 102 Å². The molecule has 52 heavy (non-hydrogen) atoms. The Morgan fingerprint density at radius 1 is 0.673 bits per heavy atom. The van der Waals surface area contributed by atoms with Gasteiger partial charge >= 0.3 is 6.03 Å². The van der Waals surface area contributed by atoms with Crippen LogP contribution in [-0.2, 0) is 12.8 Å². The first-order valence-corrected chi connectivity index (χ1v) is 18.0. The second kappa shape index (κ2) is 16.0. The number of likely N-dealkylation sites (N-methyl/N-ethyl adjacent to an activating group) is 1. The molecule has 0 atom stereocenters. The van der Waals surface area contributed by atoms with Gasteiger partial charge in [0.25, 0.3) is 11.8 Å². The predicted molar refractivity (Wildman–Crippen MR) is 207 cm³/mol. The summed E-state index contributed by atoms with van der Waals surface area (Å²) in [5, 5.41) is 5.36. The fourth-order valence-corrected chi connectivity index (χ4v) is 7.07. The Morgan fingerprint density at radius 3 is 1.88 bits per heavy atom. The molecule has 266 valence electrons. The van der Waals surface area contributed by atoms with Gasteiger partial charge < -0.3 is 25.1 Å². The molecule has 3 heterocycles. The number of benzene rings is 4. The zero-order chi connectivity index (χ0) is 35.9. The molecule has 1 saturated heterocycles. The first-order chi connectivity index (χ1) is 25.5. The van der Waals surface area contributed by atoms with Gasteiger partial charge in [-0.05, 0) is 60.4 Å². The number of amides is 4. The van der Waals surface area contributed by atoms with Gasteiger partial charge in [-0.2, -0.15) is 0 Å². The minimum Gasteiger partial charge on any atom is -0.361 e. The molecule has 0 aliphatic carbocycles. The number of fused-ring (bicyclic) bond motifs is 2. The fourth-order valence-electron chi connectivity index (χ4n) is 7.07. The largest absolute Gasteiger partial charge is 0.361 e. The average molecular weight is 696 g/mol. The summed E-state index contributed by atoms with van der Waals surface area (Å²) in [5.74, 6) is -0.450. The second-order valence-electron chi connectivity index (χ2n) is 13.3. The highest BCUT2D eigenvalue weighted by Crippen LogP contribution is 2.22. The minimum atomic E-state index is -0.267. The van der Waals surface area contributed by atoms with Crippen molar-refractivity contribution in [2.75, 3.05) is 64.3 Å². The molecule has 1 aliphatic rings. The van der Waals surface area contributed by atoms with Gasteiger partial charge in [-0.15, -0.1) is 0 Å². The number of urea groups is 1. The Balaban J connectivity index is 0.898. The van der Waals surface area contributed by atoms with E-state index in [1.807, 2.05) is 82.9 Å². The lowest BCUT2D eigenvalue weighted by atomic mass is 10.0. The quantitative estimate of drug-likeness (QED) is 0.142. The first kappa shape index (κ1) is 34.6. The average Bonchev–Trinajstić information content (AvgIpc) is 3.81. The molecular weight excluding hydrogens is 651 g/mol. The van der Waals surface area contributed by atoms with Crippen molar-refractivity contribution >= 4 is 45.3 Å². The van der Waals surface area contributed by atoms with Crippen LogP contribution in [0.3, 0.4) is 0 Å². The number of hydrogen-bond donors (Lipinski definition) is 3.